The Morgan fingerprint density at radius 3 is 2.56 bits per heavy atom. The molecule has 0 saturated carbocycles. The first-order valence-corrected chi connectivity index (χ1v) is 10.3. The van der Waals surface area contributed by atoms with Gasteiger partial charge in [0.25, 0.3) is 0 Å². The Morgan fingerprint density at radius 1 is 1.00 bits per heavy atom. The molecule has 9 heteroatoms. The van der Waals surface area contributed by atoms with Gasteiger partial charge in [-0.3, -0.25) is 4.98 Å². The normalized spacial score (nSPS) is 11.1. The zero-order valence-corrected chi connectivity index (χ0v) is 18.2. The van der Waals surface area contributed by atoms with Crippen molar-refractivity contribution in [3.8, 4) is 22.9 Å². The molecule has 8 nitrogen and oxygen atoms in total. The summed E-state index contributed by atoms with van der Waals surface area (Å²) in [6, 6.07) is 15.1. The molecule has 0 aliphatic heterocycles. The van der Waals surface area contributed by atoms with E-state index in [0.29, 0.717) is 46.0 Å². The minimum absolute atomic E-state index is 0.475. The summed E-state index contributed by atoms with van der Waals surface area (Å²) in [4.78, 5) is 13.8. The minimum Gasteiger partial charge on any atom is -0.493 e. The van der Waals surface area contributed by atoms with Gasteiger partial charge in [0, 0.05) is 41.0 Å². The molecule has 5 rings (SSSR count). The van der Waals surface area contributed by atoms with Crippen molar-refractivity contribution in [3.63, 3.8) is 0 Å². The molecule has 0 bridgehead atoms. The van der Waals surface area contributed by atoms with Crippen LogP contribution in [0.1, 0.15) is 5.56 Å². The van der Waals surface area contributed by atoms with Gasteiger partial charge in [-0.05, 0) is 29.8 Å². The lowest BCUT2D eigenvalue weighted by Crippen LogP contribution is -2.08. The predicted molar refractivity (Wildman–Crippen MR) is 123 cm³/mol. The third-order valence-corrected chi connectivity index (χ3v) is 5.46. The van der Waals surface area contributed by atoms with Gasteiger partial charge in [-0.2, -0.15) is 4.52 Å². The summed E-state index contributed by atoms with van der Waals surface area (Å²) >= 11 is 6.33. The number of nitrogens with one attached hydrogen (secondary N) is 1. The average molecular weight is 447 g/mol. The first kappa shape index (κ1) is 20.0. The van der Waals surface area contributed by atoms with Crippen LogP contribution in [0, 0.1) is 0 Å². The maximum Gasteiger partial charge on any atom is 0.226 e. The molecule has 0 atom stereocenters. The van der Waals surface area contributed by atoms with Crippen molar-refractivity contribution >= 4 is 34.1 Å². The SMILES string of the molecule is COc1cc2nc(NCc3ccccc3Cl)n3nc(-c4cccnc4)nc3c2cc1OC. The van der Waals surface area contributed by atoms with E-state index in [1.807, 2.05) is 48.5 Å². The first-order valence-electron chi connectivity index (χ1n) is 9.88. The molecular weight excluding hydrogens is 428 g/mol. The molecule has 3 aromatic heterocycles. The Kier molecular flexibility index (Phi) is 5.20. The molecular formula is C23H19ClN6O2. The highest BCUT2D eigenvalue weighted by atomic mass is 35.5. The molecule has 5 aromatic rings. The van der Waals surface area contributed by atoms with Crippen molar-refractivity contribution in [3.05, 3.63) is 71.5 Å². The van der Waals surface area contributed by atoms with Crippen molar-refractivity contribution < 1.29 is 9.47 Å². The monoisotopic (exact) mass is 446 g/mol. The Balaban J connectivity index is 1.70. The van der Waals surface area contributed by atoms with Crippen molar-refractivity contribution in [2.45, 2.75) is 6.54 Å². The van der Waals surface area contributed by atoms with Crippen LogP contribution in [0.25, 0.3) is 27.9 Å². The number of nitrogens with zero attached hydrogens (tertiary/aromatic N) is 5. The quantitative estimate of drug-likeness (QED) is 0.407. The molecule has 0 fully saturated rings. The second-order valence-electron chi connectivity index (χ2n) is 7.02. The van der Waals surface area contributed by atoms with E-state index >= 15 is 0 Å². The zero-order chi connectivity index (χ0) is 22.1. The summed E-state index contributed by atoms with van der Waals surface area (Å²) in [5.74, 6) is 2.25. The van der Waals surface area contributed by atoms with Crippen molar-refractivity contribution in [1.29, 1.82) is 0 Å². The summed E-state index contributed by atoms with van der Waals surface area (Å²) in [6.07, 6.45) is 3.44. The molecule has 0 aliphatic rings. The molecule has 0 spiro atoms. The predicted octanol–water partition coefficient (Wildman–Crippen LogP) is 4.62. The number of anilines is 1. The largest absolute Gasteiger partial charge is 0.493 e. The van der Waals surface area contributed by atoms with Crippen molar-refractivity contribution in [1.82, 2.24) is 24.6 Å². The van der Waals surface area contributed by atoms with Crippen LogP contribution >= 0.6 is 11.6 Å². The number of aromatic nitrogens is 5. The zero-order valence-electron chi connectivity index (χ0n) is 17.4. The molecule has 3 heterocycles. The second kappa shape index (κ2) is 8.32. The smallest absolute Gasteiger partial charge is 0.226 e. The van der Waals surface area contributed by atoms with Gasteiger partial charge in [-0.15, -0.1) is 5.10 Å². The van der Waals surface area contributed by atoms with Crippen LogP contribution in [0.5, 0.6) is 11.5 Å². The van der Waals surface area contributed by atoms with Gasteiger partial charge in [-0.25, -0.2) is 9.97 Å². The van der Waals surface area contributed by atoms with E-state index in [1.54, 1.807) is 31.1 Å². The number of hydrogen-bond acceptors (Lipinski definition) is 7. The van der Waals surface area contributed by atoms with E-state index in [-0.39, 0.29) is 0 Å². The van der Waals surface area contributed by atoms with Crippen molar-refractivity contribution in [2.24, 2.45) is 0 Å². The van der Waals surface area contributed by atoms with Crippen LogP contribution < -0.4 is 14.8 Å². The fraction of sp³-hybridized carbons (Fsp3) is 0.130. The highest BCUT2D eigenvalue weighted by Crippen LogP contribution is 2.34. The third kappa shape index (κ3) is 3.54. The van der Waals surface area contributed by atoms with Gasteiger partial charge in [0.15, 0.2) is 23.0 Å². The summed E-state index contributed by atoms with van der Waals surface area (Å²) in [5.41, 5.74) is 3.09. The molecule has 160 valence electrons. The number of pyridine rings is 1. The number of rotatable bonds is 6. The van der Waals surface area contributed by atoms with Gasteiger partial charge >= 0.3 is 0 Å². The minimum atomic E-state index is 0.475. The first-order chi connectivity index (χ1) is 15.7. The molecule has 2 aromatic carbocycles. The Hall–Kier alpha value is -3.91. The Labute approximate surface area is 188 Å². The van der Waals surface area contributed by atoms with Crippen molar-refractivity contribution in [2.75, 3.05) is 19.5 Å². The third-order valence-electron chi connectivity index (χ3n) is 5.09. The number of benzene rings is 2. The maximum atomic E-state index is 6.33. The Morgan fingerprint density at radius 2 is 1.81 bits per heavy atom. The van der Waals surface area contributed by atoms with Gasteiger partial charge in [0.2, 0.25) is 5.95 Å². The van der Waals surface area contributed by atoms with E-state index in [9.17, 15) is 0 Å². The standard InChI is InChI=1S/C23H19ClN6O2/c1-31-19-10-16-18(11-20(19)32-2)27-23(26-13-14-6-3-4-8-17(14)24)30-22(16)28-21(29-30)15-7-5-9-25-12-15/h3-12H,13H2,1-2H3,(H,26,27). The summed E-state index contributed by atoms with van der Waals surface area (Å²) in [6.45, 7) is 0.475. The van der Waals surface area contributed by atoms with Gasteiger partial charge in [-0.1, -0.05) is 29.8 Å². The maximum absolute atomic E-state index is 6.33. The fourth-order valence-corrected chi connectivity index (χ4v) is 3.69. The van der Waals surface area contributed by atoms with E-state index < -0.39 is 0 Å². The Bertz CT molecular complexity index is 1420. The number of ether oxygens (including phenoxy) is 2. The molecule has 0 amide bonds. The molecule has 0 aliphatic carbocycles. The van der Waals surface area contributed by atoms with E-state index in [4.69, 9.17) is 36.1 Å². The topological polar surface area (TPSA) is 86.5 Å². The number of methoxy groups -OCH3 is 2. The van der Waals surface area contributed by atoms with Crippen LogP contribution in [0.15, 0.2) is 60.9 Å². The lowest BCUT2D eigenvalue weighted by Gasteiger charge is -2.12. The lowest BCUT2D eigenvalue weighted by molar-refractivity contribution is 0.356. The molecule has 0 radical (unpaired) electrons. The van der Waals surface area contributed by atoms with Crippen LogP contribution in [0.4, 0.5) is 5.95 Å². The molecule has 0 unspecified atom stereocenters. The number of fused-ring (bicyclic) bond motifs is 3. The van der Waals surface area contributed by atoms with Crippen LogP contribution in [0.3, 0.4) is 0 Å². The van der Waals surface area contributed by atoms with Gasteiger partial charge in [0.1, 0.15) is 0 Å². The van der Waals surface area contributed by atoms with E-state index in [1.165, 1.54) is 0 Å². The number of halogens is 1. The van der Waals surface area contributed by atoms with E-state index in [0.717, 1.165) is 16.5 Å². The fourth-order valence-electron chi connectivity index (χ4n) is 3.48. The summed E-state index contributed by atoms with van der Waals surface area (Å²) in [5, 5.41) is 9.51. The second-order valence-corrected chi connectivity index (χ2v) is 7.42. The molecule has 32 heavy (non-hydrogen) atoms. The summed E-state index contributed by atoms with van der Waals surface area (Å²) < 4.78 is 12.6. The van der Waals surface area contributed by atoms with Gasteiger partial charge in [0.05, 0.1) is 19.7 Å². The van der Waals surface area contributed by atoms with E-state index in [2.05, 4.69) is 10.3 Å². The highest BCUT2D eigenvalue weighted by molar-refractivity contribution is 6.31. The molecule has 1 N–H and O–H groups in total. The van der Waals surface area contributed by atoms with Crippen LogP contribution in [-0.4, -0.2) is 38.8 Å². The molecule has 0 saturated heterocycles. The highest BCUT2D eigenvalue weighted by Gasteiger charge is 2.17. The number of hydrogen-bond donors (Lipinski definition) is 1. The van der Waals surface area contributed by atoms with Crippen LogP contribution in [-0.2, 0) is 6.54 Å². The van der Waals surface area contributed by atoms with Gasteiger partial charge < -0.3 is 14.8 Å². The van der Waals surface area contributed by atoms with Crippen LogP contribution in [0.2, 0.25) is 5.02 Å². The lowest BCUT2D eigenvalue weighted by atomic mass is 10.2. The summed E-state index contributed by atoms with van der Waals surface area (Å²) in [7, 11) is 3.19. The average Bonchev–Trinajstić information content (AvgIpc) is 3.29.